The fraction of sp³-hybridized carbons (Fsp3) is 0.727. The van der Waals surface area contributed by atoms with Crippen LogP contribution in [0.1, 0.15) is 38.4 Å². The fourth-order valence-corrected chi connectivity index (χ4v) is 1.48. The second-order valence-electron chi connectivity index (χ2n) is 4.54. The minimum Gasteiger partial charge on any atom is -0.379 e. The molecule has 0 aromatic carbocycles. The number of methoxy groups -OCH3 is 1. The number of nitrogens with two attached hydrogens (primary N) is 1. The van der Waals surface area contributed by atoms with E-state index in [1.54, 1.807) is 13.4 Å². The number of rotatable bonds is 5. The second kappa shape index (κ2) is 4.77. The van der Waals surface area contributed by atoms with Gasteiger partial charge >= 0.3 is 0 Å². The van der Waals surface area contributed by atoms with E-state index in [9.17, 15) is 0 Å². The number of aryl methyl sites for hydroxylation is 1. The van der Waals surface area contributed by atoms with Crippen molar-refractivity contribution in [3.05, 3.63) is 18.2 Å². The molecular weight excluding hydrogens is 190 g/mol. The SMILES string of the molecule is COC(C)(C)CCC(N)c1cncn1C. The van der Waals surface area contributed by atoms with E-state index in [4.69, 9.17) is 10.5 Å². The van der Waals surface area contributed by atoms with Crippen molar-refractivity contribution in [2.24, 2.45) is 12.8 Å². The molecule has 0 radical (unpaired) electrons. The summed E-state index contributed by atoms with van der Waals surface area (Å²) in [6, 6.07) is 0.0342. The van der Waals surface area contributed by atoms with Crippen molar-refractivity contribution in [1.29, 1.82) is 0 Å². The smallest absolute Gasteiger partial charge is 0.0946 e. The average Bonchev–Trinajstić information content (AvgIpc) is 2.61. The Kier molecular flexibility index (Phi) is 3.88. The molecule has 2 N–H and O–H groups in total. The van der Waals surface area contributed by atoms with Crippen LogP contribution in [0.2, 0.25) is 0 Å². The van der Waals surface area contributed by atoms with Crippen molar-refractivity contribution >= 4 is 0 Å². The van der Waals surface area contributed by atoms with E-state index in [2.05, 4.69) is 18.8 Å². The van der Waals surface area contributed by atoms with Gasteiger partial charge in [0.2, 0.25) is 0 Å². The summed E-state index contributed by atoms with van der Waals surface area (Å²) in [6.07, 6.45) is 5.44. The number of aromatic nitrogens is 2. The molecular formula is C11H21N3O. The van der Waals surface area contributed by atoms with Crippen LogP contribution in [-0.4, -0.2) is 22.3 Å². The van der Waals surface area contributed by atoms with E-state index in [-0.39, 0.29) is 11.6 Å². The highest BCUT2D eigenvalue weighted by Crippen LogP contribution is 2.22. The van der Waals surface area contributed by atoms with Crippen LogP contribution in [0, 0.1) is 0 Å². The van der Waals surface area contributed by atoms with Gasteiger partial charge in [-0.2, -0.15) is 0 Å². The van der Waals surface area contributed by atoms with Crippen molar-refractivity contribution in [3.8, 4) is 0 Å². The molecule has 1 atom stereocenters. The van der Waals surface area contributed by atoms with Gasteiger partial charge in [0.15, 0.2) is 0 Å². The predicted molar refractivity (Wildman–Crippen MR) is 60.5 cm³/mol. The normalized spacial score (nSPS) is 14.2. The first-order chi connectivity index (χ1) is 6.96. The largest absolute Gasteiger partial charge is 0.379 e. The third-order valence-electron chi connectivity index (χ3n) is 2.84. The second-order valence-corrected chi connectivity index (χ2v) is 4.54. The van der Waals surface area contributed by atoms with E-state index in [1.807, 2.05) is 17.8 Å². The number of hydrogen-bond acceptors (Lipinski definition) is 3. The quantitative estimate of drug-likeness (QED) is 0.805. The molecule has 4 nitrogen and oxygen atoms in total. The Labute approximate surface area is 91.4 Å². The summed E-state index contributed by atoms with van der Waals surface area (Å²) < 4.78 is 7.32. The zero-order valence-electron chi connectivity index (χ0n) is 10.0. The monoisotopic (exact) mass is 211 g/mol. The highest BCUT2D eigenvalue weighted by atomic mass is 16.5. The fourth-order valence-electron chi connectivity index (χ4n) is 1.48. The average molecular weight is 211 g/mol. The summed E-state index contributed by atoms with van der Waals surface area (Å²) in [5, 5.41) is 0. The van der Waals surface area contributed by atoms with Gasteiger partial charge in [0.25, 0.3) is 0 Å². The Morgan fingerprint density at radius 1 is 1.60 bits per heavy atom. The molecule has 1 heterocycles. The van der Waals surface area contributed by atoms with Gasteiger partial charge in [0, 0.05) is 26.4 Å². The van der Waals surface area contributed by atoms with Crippen LogP contribution < -0.4 is 5.73 Å². The first-order valence-corrected chi connectivity index (χ1v) is 5.23. The molecule has 0 aliphatic carbocycles. The lowest BCUT2D eigenvalue weighted by molar-refractivity contribution is 0.0123. The maximum absolute atomic E-state index is 6.09. The first kappa shape index (κ1) is 12.2. The molecule has 15 heavy (non-hydrogen) atoms. The van der Waals surface area contributed by atoms with Crippen molar-refractivity contribution in [1.82, 2.24) is 9.55 Å². The summed E-state index contributed by atoms with van der Waals surface area (Å²) >= 11 is 0. The van der Waals surface area contributed by atoms with E-state index < -0.39 is 0 Å². The van der Waals surface area contributed by atoms with Crippen LogP contribution in [0.5, 0.6) is 0 Å². The third-order valence-corrected chi connectivity index (χ3v) is 2.84. The molecule has 4 heteroatoms. The van der Waals surface area contributed by atoms with Gasteiger partial charge < -0.3 is 15.0 Å². The van der Waals surface area contributed by atoms with Crippen molar-refractivity contribution in [2.45, 2.75) is 38.3 Å². The lowest BCUT2D eigenvalue weighted by Crippen LogP contribution is -2.25. The van der Waals surface area contributed by atoms with E-state index in [0.717, 1.165) is 18.5 Å². The molecule has 0 fully saturated rings. The van der Waals surface area contributed by atoms with Crippen molar-refractivity contribution in [3.63, 3.8) is 0 Å². The zero-order valence-corrected chi connectivity index (χ0v) is 10.0. The predicted octanol–water partition coefficient (Wildman–Crippen LogP) is 1.63. The summed E-state index contributed by atoms with van der Waals surface area (Å²) in [4.78, 5) is 4.06. The third kappa shape index (κ3) is 3.32. The van der Waals surface area contributed by atoms with Gasteiger partial charge in [-0.1, -0.05) is 0 Å². The minimum atomic E-state index is -0.101. The van der Waals surface area contributed by atoms with Crippen LogP contribution in [0.25, 0.3) is 0 Å². The van der Waals surface area contributed by atoms with Crippen LogP contribution >= 0.6 is 0 Å². The van der Waals surface area contributed by atoms with Crippen LogP contribution in [0.3, 0.4) is 0 Å². The summed E-state index contributed by atoms with van der Waals surface area (Å²) in [5.41, 5.74) is 7.06. The summed E-state index contributed by atoms with van der Waals surface area (Å²) in [7, 11) is 3.69. The molecule has 1 aromatic rings. The lowest BCUT2D eigenvalue weighted by atomic mass is 9.98. The number of ether oxygens (including phenoxy) is 1. The van der Waals surface area contributed by atoms with Gasteiger partial charge in [-0.15, -0.1) is 0 Å². The Bertz CT molecular complexity index is 307. The van der Waals surface area contributed by atoms with E-state index in [1.165, 1.54) is 0 Å². The lowest BCUT2D eigenvalue weighted by Gasteiger charge is -2.24. The highest BCUT2D eigenvalue weighted by Gasteiger charge is 2.19. The van der Waals surface area contributed by atoms with Gasteiger partial charge in [0.05, 0.1) is 17.6 Å². The highest BCUT2D eigenvalue weighted by molar-refractivity contribution is 5.03. The van der Waals surface area contributed by atoms with Crippen LogP contribution in [0.4, 0.5) is 0 Å². The van der Waals surface area contributed by atoms with E-state index >= 15 is 0 Å². The molecule has 1 rings (SSSR count). The molecule has 0 bridgehead atoms. The van der Waals surface area contributed by atoms with Gasteiger partial charge in [-0.05, 0) is 26.7 Å². The standard InChI is InChI=1S/C11H21N3O/c1-11(2,15-4)6-5-9(12)10-7-13-8-14(10)3/h7-9H,5-6,12H2,1-4H3. The van der Waals surface area contributed by atoms with E-state index in [0.29, 0.717) is 0 Å². The van der Waals surface area contributed by atoms with Crippen LogP contribution in [-0.2, 0) is 11.8 Å². The summed E-state index contributed by atoms with van der Waals surface area (Å²) in [6.45, 7) is 4.14. The van der Waals surface area contributed by atoms with Crippen molar-refractivity contribution < 1.29 is 4.74 Å². The van der Waals surface area contributed by atoms with Gasteiger partial charge in [-0.3, -0.25) is 0 Å². The molecule has 0 amide bonds. The topological polar surface area (TPSA) is 53.1 Å². The molecule has 0 saturated carbocycles. The first-order valence-electron chi connectivity index (χ1n) is 5.23. The number of nitrogens with zero attached hydrogens (tertiary/aromatic N) is 2. The minimum absolute atomic E-state index is 0.0342. The van der Waals surface area contributed by atoms with Crippen molar-refractivity contribution in [2.75, 3.05) is 7.11 Å². The maximum atomic E-state index is 6.09. The Hall–Kier alpha value is -0.870. The Morgan fingerprint density at radius 3 is 2.73 bits per heavy atom. The molecule has 86 valence electrons. The zero-order chi connectivity index (χ0) is 11.5. The number of imidazole rings is 1. The van der Waals surface area contributed by atoms with Gasteiger partial charge in [-0.25, -0.2) is 4.98 Å². The molecule has 0 aliphatic rings. The molecule has 1 aromatic heterocycles. The Morgan fingerprint density at radius 2 is 2.27 bits per heavy atom. The molecule has 1 unspecified atom stereocenters. The van der Waals surface area contributed by atoms with Crippen LogP contribution in [0.15, 0.2) is 12.5 Å². The van der Waals surface area contributed by atoms with Gasteiger partial charge in [0.1, 0.15) is 0 Å². The Balaban J connectivity index is 2.50. The number of hydrogen-bond donors (Lipinski definition) is 1. The summed E-state index contributed by atoms with van der Waals surface area (Å²) in [5.74, 6) is 0. The molecule has 0 aliphatic heterocycles. The molecule has 0 saturated heterocycles. The maximum Gasteiger partial charge on any atom is 0.0946 e. The molecule has 0 spiro atoms.